The van der Waals surface area contributed by atoms with Gasteiger partial charge in [0.2, 0.25) is 11.8 Å². The Morgan fingerprint density at radius 3 is 2.95 bits per heavy atom. The van der Waals surface area contributed by atoms with E-state index in [0.717, 1.165) is 0 Å². The fraction of sp³-hybridized carbons (Fsp3) is 0.333. The van der Waals surface area contributed by atoms with Crippen LogP contribution in [0.25, 0.3) is 0 Å². The lowest BCUT2D eigenvalue weighted by molar-refractivity contribution is -0.124. The second kappa shape index (κ2) is 5.66. The quantitative estimate of drug-likeness (QED) is 0.712. The van der Waals surface area contributed by atoms with Crippen molar-refractivity contribution in [1.29, 1.82) is 0 Å². The van der Waals surface area contributed by atoms with Crippen LogP contribution in [0, 0.1) is 5.82 Å². The van der Waals surface area contributed by atoms with Crippen LogP contribution in [-0.4, -0.2) is 38.1 Å². The number of nitrogens with one attached hydrogen (secondary N) is 3. The molecule has 0 saturated carbocycles. The smallest absolute Gasteiger partial charge is 0.243 e. The van der Waals surface area contributed by atoms with Crippen molar-refractivity contribution >= 4 is 17.5 Å². The summed E-state index contributed by atoms with van der Waals surface area (Å²) in [7, 11) is 1.39. The molecule has 1 fully saturated rings. The van der Waals surface area contributed by atoms with E-state index in [-0.39, 0.29) is 30.7 Å². The van der Waals surface area contributed by atoms with Gasteiger partial charge in [-0.1, -0.05) is 0 Å². The molecule has 1 heterocycles. The maximum Gasteiger partial charge on any atom is 0.243 e. The van der Waals surface area contributed by atoms with Gasteiger partial charge in [0.1, 0.15) is 17.6 Å². The molecule has 6 nitrogen and oxygen atoms in total. The van der Waals surface area contributed by atoms with Gasteiger partial charge in [0, 0.05) is 12.6 Å². The Morgan fingerprint density at radius 1 is 1.53 bits per heavy atom. The fourth-order valence-corrected chi connectivity index (χ4v) is 1.74. The minimum Gasteiger partial charge on any atom is -0.494 e. The van der Waals surface area contributed by atoms with E-state index in [1.807, 2.05) is 0 Å². The van der Waals surface area contributed by atoms with Gasteiger partial charge in [-0.25, -0.2) is 4.39 Å². The van der Waals surface area contributed by atoms with Gasteiger partial charge in [-0.05, 0) is 12.1 Å². The first kappa shape index (κ1) is 13.3. The summed E-state index contributed by atoms with van der Waals surface area (Å²) in [5.41, 5.74) is 0.382. The van der Waals surface area contributed by atoms with Crippen molar-refractivity contribution in [3.63, 3.8) is 0 Å². The number of halogens is 1. The molecule has 7 heteroatoms. The van der Waals surface area contributed by atoms with Gasteiger partial charge >= 0.3 is 0 Å². The van der Waals surface area contributed by atoms with E-state index >= 15 is 0 Å². The van der Waals surface area contributed by atoms with Crippen molar-refractivity contribution in [2.75, 3.05) is 25.5 Å². The molecule has 1 aliphatic rings. The highest BCUT2D eigenvalue weighted by atomic mass is 19.1. The van der Waals surface area contributed by atoms with Crippen LogP contribution < -0.4 is 20.7 Å². The topological polar surface area (TPSA) is 79.5 Å². The third-order valence-corrected chi connectivity index (χ3v) is 2.75. The molecular weight excluding hydrogens is 253 g/mol. The highest BCUT2D eigenvalue weighted by Gasteiger charge is 2.24. The Balaban J connectivity index is 2.04. The summed E-state index contributed by atoms with van der Waals surface area (Å²) in [6.07, 6.45) is 0. The Labute approximate surface area is 109 Å². The molecule has 0 aliphatic carbocycles. The Hall–Kier alpha value is -2.15. The third kappa shape index (κ3) is 3.19. The van der Waals surface area contributed by atoms with Crippen LogP contribution in [0.4, 0.5) is 10.1 Å². The second-order valence-electron chi connectivity index (χ2n) is 4.07. The largest absolute Gasteiger partial charge is 0.494 e. The van der Waals surface area contributed by atoms with Gasteiger partial charge in [-0.2, -0.15) is 0 Å². The molecule has 1 atom stereocenters. The second-order valence-corrected chi connectivity index (χ2v) is 4.07. The lowest BCUT2D eigenvalue weighted by Gasteiger charge is -2.23. The van der Waals surface area contributed by atoms with E-state index < -0.39 is 11.9 Å². The molecule has 19 heavy (non-hydrogen) atoms. The Bertz CT molecular complexity index is 497. The summed E-state index contributed by atoms with van der Waals surface area (Å²) >= 11 is 0. The molecule has 1 unspecified atom stereocenters. The standard InChI is InChI=1S/C12H14FN3O3/c1-19-10-4-7(13)2-3-8(10)16-12(18)9-5-15-11(17)6-14-9/h2-4,9,14H,5-6H2,1H3,(H,15,17)(H,16,18). The number of anilines is 1. The third-order valence-electron chi connectivity index (χ3n) is 2.75. The number of rotatable bonds is 3. The van der Waals surface area contributed by atoms with Crippen molar-refractivity contribution in [3.05, 3.63) is 24.0 Å². The monoisotopic (exact) mass is 267 g/mol. The number of amides is 2. The highest BCUT2D eigenvalue weighted by Crippen LogP contribution is 2.24. The Morgan fingerprint density at radius 2 is 2.32 bits per heavy atom. The van der Waals surface area contributed by atoms with Crippen molar-refractivity contribution in [2.24, 2.45) is 0 Å². The predicted molar refractivity (Wildman–Crippen MR) is 66.4 cm³/mol. The van der Waals surface area contributed by atoms with E-state index in [1.165, 1.54) is 25.3 Å². The average Bonchev–Trinajstić information content (AvgIpc) is 2.41. The molecule has 1 aliphatic heterocycles. The highest BCUT2D eigenvalue weighted by molar-refractivity contribution is 5.97. The van der Waals surface area contributed by atoms with E-state index in [4.69, 9.17) is 4.74 Å². The lowest BCUT2D eigenvalue weighted by atomic mass is 10.2. The summed E-state index contributed by atoms with van der Waals surface area (Å²) in [5.74, 6) is -0.667. The van der Waals surface area contributed by atoms with Crippen LogP contribution in [-0.2, 0) is 9.59 Å². The number of hydrogen-bond donors (Lipinski definition) is 3. The molecule has 1 aromatic carbocycles. The molecule has 1 saturated heterocycles. The molecule has 2 amide bonds. The van der Waals surface area contributed by atoms with E-state index in [1.54, 1.807) is 0 Å². The number of ether oxygens (including phenoxy) is 1. The van der Waals surface area contributed by atoms with Gasteiger partial charge in [-0.3, -0.25) is 14.9 Å². The number of benzene rings is 1. The summed E-state index contributed by atoms with van der Waals surface area (Å²) in [6.45, 7) is 0.312. The first-order valence-electron chi connectivity index (χ1n) is 5.74. The van der Waals surface area contributed by atoms with E-state index in [0.29, 0.717) is 5.69 Å². The minimum absolute atomic E-state index is 0.0959. The molecular formula is C12H14FN3O3. The molecule has 0 aromatic heterocycles. The SMILES string of the molecule is COc1cc(F)ccc1NC(=O)C1CNC(=O)CN1. The average molecular weight is 267 g/mol. The first-order chi connectivity index (χ1) is 9.10. The van der Waals surface area contributed by atoms with E-state index in [2.05, 4.69) is 16.0 Å². The maximum absolute atomic E-state index is 13.0. The van der Waals surface area contributed by atoms with Crippen molar-refractivity contribution in [1.82, 2.24) is 10.6 Å². The van der Waals surface area contributed by atoms with Crippen molar-refractivity contribution < 1.29 is 18.7 Å². The van der Waals surface area contributed by atoms with Crippen molar-refractivity contribution in [2.45, 2.75) is 6.04 Å². The predicted octanol–water partition coefficient (Wildman–Crippen LogP) is -0.139. The summed E-state index contributed by atoms with van der Waals surface area (Å²) in [5, 5.41) is 8.01. The van der Waals surface area contributed by atoms with Gasteiger partial charge in [0.25, 0.3) is 0 Å². The van der Waals surface area contributed by atoms with Crippen LogP contribution in [0.15, 0.2) is 18.2 Å². The molecule has 3 N–H and O–H groups in total. The van der Waals surface area contributed by atoms with Crippen LogP contribution in [0.2, 0.25) is 0 Å². The van der Waals surface area contributed by atoms with E-state index in [9.17, 15) is 14.0 Å². The normalized spacial score (nSPS) is 18.6. The van der Waals surface area contributed by atoms with Crippen LogP contribution in [0.1, 0.15) is 0 Å². The minimum atomic E-state index is -0.521. The van der Waals surface area contributed by atoms with Crippen molar-refractivity contribution in [3.8, 4) is 5.75 Å². The van der Waals surface area contributed by atoms with Gasteiger partial charge < -0.3 is 15.4 Å². The number of hydrogen-bond acceptors (Lipinski definition) is 4. The van der Waals surface area contributed by atoms with Gasteiger partial charge in [0.05, 0.1) is 19.3 Å². The lowest BCUT2D eigenvalue weighted by Crippen LogP contribution is -2.56. The molecule has 0 bridgehead atoms. The van der Waals surface area contributed by atoms with Crippen LogP contribution in [0.3, 0.4) is 0 Å². The van der Waals surface area contributed by atoms with Gasteiger partial charge in [-0.15, -0.1) is 0 Å². The summed E-state index contributed by atoms with van der Waals surface area (Å²) < 4.78 is 18.0. The molecule has 1 aromatic rings. The maximum atomic E-state index is 13.0. The van der Waals surface area contributed by atoms with Crippen LogP contribution >= 0.6 is 0 Å². The zero-order chi connectivity index (χ0) is 13.8. The summed E-state index contributed by atoms with van der Waals surface area (Å²) in [4.78, 5) is 22.9. The number of piperazine rings is 1. The van der Waals surface area contributed by atoms with Gasteiger partial charge in [0.15, 0.2) is 0 Å². The first-order valence-corrected chi connectivity index (χ1v) is 5.74. The summed E-state index contributed by atoms with van der Waals surface area (Å²) in [6, 6.07) is 3.32. The number of methoxy groups -OCH3 is 1. The molecule has 102 valence electrons. The molecule has 0 radical (unpaired) electrons. The fourth-order valence-electron chi connectivity index (χ4n) is 1.74. The molecule has 0 spiro atoms. The zero-order valence-corrected chi connectivity index (χ0v) is 10.3. The number of carbonyl (C=O) groups excluding carboxylic acids is 2. The van der Waals surface area contributed by atoms with Crippen LogP contribution in [0.5, 0.6) is 5.75 Å². The number of carbonyl (C=O) groups is 2. The Kier molecular flexibility index (Phi) is 3.96. The zero-order valence-electron chi connectivity index (χ0n) is 10.3. The molecule has 2 rings (SSSR count).